The number of rotatable bonds is 5. The Morgan fingerprint density at radius 3 is 2.90 bits per heavy atom. The molecule has 0 saturated heterocycles. The highest BCUT2D eigenvalue weighted by atomic mass is 79.9. The third-order valence-corrected chi connectivity index (χ3v) is 3.54. The molecule has 0 saturated carbocycles. The number of anilines is 1. The molecule has 0 spiro atoms. The summed E-state index contributed by atoms with van der Waals surface area (Å²) in [5, 5.41) is 3.33. The van der Waals surface area contributed by atoms with Gasteiger partial charge in [-0.15, -0.1) is 0 Å². The van der Waals surface area contributed by atoms with Crippen LogP contribution < -0.4 is 10.1 Å². The molecule has 1 aromatic heterocycles. The van der Waals surface area contributed by atoms with Crippen molar-refractivity contribution in [2.45, 2.75) is 19.9 Å². The molecule has 3 nitrogen and oxygen atoms in total. The Hall–Kier alpha value is -1.62. The number of halogens is 2. The minimum absolute atomic E-state index is 0.00613. The van der Waals surface area contributed by atoms with Crippen LogP contribution in [0.2, 0.25) is 0 Å². The average Bonchev–Trinajstić information content (AvgIpc) is 2.41. The summed E-state index contributed by atoms with van der Waals surface area (Å²) in [5.41, 5.74) is 1.79. The largest absolute Gasteiger partial charge is 0.476 e. The van der Waals surface area contributed by atoms with Gasteiger partial charge in [-0.25, -0.2) is 9.37 Å². The number of ether oxygens (including phenoxy) is 1. The third-order valence-electron chi connectivity index (χ3n) is 2.85. The number of hydrogen-bond acceptors (Lipinski definition) is 3. The van der Waals surface area contributed by atoms with E-state index in [2.05, 4.69) is 26.2 Å². The van der Waals surface area contributed by atoms with Gasteiger partial charge < -0.3 is 10.1 Å². The fourth-order valence-corrected chi connectivity index (χ4v) is 2.61. The molecule has 1 atom stereocenters. The lowest BCUT2D eigenvalue weighted by atomic mass is 10.1. The van der Waals surface area contributed by atoms with Gasteiger partial charge in [-0.05, 0) is 43.7 Å². The van der Waals surface area contributed by atoms with E-state index in [0.717, 1.165) is 15.7 Å². The molecule has 1 N–H and O–H groups in total. The number of hydrogen-bond donors (Lipinski definition) is 1. The van der Waals surface area contributed by atoms with E-state index in [1.54, 1.807) is 12.3 Å². The Labute approximate surface area is 126 Å². The smallest absolute Gasteiger partial charge is 0.237 e. The van der Waals surface area contributed by atoms with Crippen molar-refractivity contribution in [2.75, 3.05) is 11.9 Å². The Kier molecular flexibility index (Phi) is 4.95. The summed E-state index contributed by atoms with van der Waals surface area (Å²) in [6, 6.07) is 8.41. The number of aromatic nitrogens is 1. The minimum atomic E-state index is -0.260. The molecular weight excluding hydrogens is 323 g/mol. The molecule has 0 amide bonds. The lowest BCUT2D eigenvalue weighted by Gasteiger charge is -2.18. The van der Waals surface area contributed by atoms with E-state index in [0.29, 0.717) is 12.5 Å². The average molecular weight is 339 g/mol. The second kappa shape index (κ2) is 6.70. The summed E-state index contributed by atoms with van der Waals surface area (Å²) in [6.07, 6.45) is 1.69. The summed E-state index contributed by atoms with van der Waals surface area (Å²) in [5.74, 6) is 0.310. The molecule has 2 aromatic rings. The highest BCUT2D eigenvalue weighted by Crippen LogP contribution is 2.29. The van der Waals surface area contributed by atoms with Gasteiger partial charge in [0.2, 0.25) is 5.88 Å². The van der Waals surface area contributed by atoms with Crippen LogP contribution in [0.3, 0.4) is 0 Å². The predicted octanol–water partition coefficient (Wildman–Crippen LogP) is 4.56. The number of nitrogens with zero attached hydrogens (tertiary/aromatic N) is 1. The molecule has 0 bridgehead atoms. The molecule has 1 aromatic carbocycles. The van der Waals surface area contributed by atoms with Gasteiger partial charge in [-0.3, -0.25) is 0 Å². The van der Waals surface area contributed by atoms with E-state index in [-0.39, 0.29) is 11.9 Å². The summed E-state index contributed by atoms with van der Waals surface area (Å²) in [7, 11) is 0. The first-order valence-electron chi connectivity index (χ1n) is 6.41. The number of benzene rings is 1. The van der Waals surface area contributed by atoms with Crippen LogP contribution in [0.25, 0.3) is 0 Å². The maximum Gasteiger partial charge on any atom is 0.237 e. The Morgan fingerprint density at radius 1 is 1.40 bits per heavy atom. The Balaban J connectivity index is 2.21. The molecule has 106 valence electrons. The molecular formula is C15H16BrFN2O. The molecule has 0 aliphatic heterocycles. The number of pyridine rings is 1. The summed E-state index contributed by atoms with van der Waals surface area (Å²) < 4.78 is 19.3. The maximum absolute atomic E-state index is 13.1. The van der Waals surface area contributed by atoms with Crippen LogP contribution in [0, 0.1) is 5.82 Å². The normalized spacial score (nSPS) is 12.0. The Morgan fingerprint density at radius 2 is 2.20 bits per heavy atom. The molecule has 0 aliphatic carbocycles. The standard InChI is InChI=1S/C15H16BrFN2O/c1-3-20-15-14(5-4-8-18-15)19-10(2)12-7-6-11(17)9-13(12)16/h4-10,19H,3H2,1-2H3. The SMILES string of the molecule is CCOc1ncccc1NC(C)c1ccc(F)cc1Br. The van der Waals surface area contributed by atoms with Crippen molar-refractivity contribution in [1.29, 1.82) is 0 Å². The zero-order chi connectivity index (χ0) is 14.5. The minimum Gasteiger partial charge on any atom is -0.476 e. The number of nitrogens with one attached hydrogen (secondary N) is 1. The van der Waals surface area contributed by atoms with E-state index in [1.165, 1.54) is 12.1 Å². The molecule has 1 heterocycles. The Bertz CT molecular complexity index is 592. The zero-order valence-electron chi connectivity index (χ0n) is 11.4. The van der Waals surface area contributed by atoms with E-state index in [9.17, 15) is 4.39 Å². The maximum atomic E-state index is 13.1. The van der Waals surface area contributed by atoms with E-state index in [4.69, 9.17) is 4.74 Å². The first kappa shape index (κ1) is 14.8. The summed E-state index contributed by atoms with van der Waals surface area (Å²) in [6.45, 7) is 4.47. The first-order chi connectivity index (χ1) is 9.61. The monoisotopic (exact) mass is 338 g/mol. The fourth-order valence-electron chi connectivity index (χ4n) is 1.92. The topological polar surface area (TPSA) is 34.1 Å². The van der Waals surface area contributed by atoms with Crippen LogP contribution in [0.4, 0.5) is 10.1 Å². The van der Waals surface area contributed by atoms with Crippen LogP contribution in [-0.2, 0) is 0 Å². The van der Waals surface area contributed by atoms with Crippen LogP contribution in [-0.4, -0.2) is 11.6 Å². The molecule has 1 unspecified atom stereocenters. The lowest BCUT2D eigenvalue weighted by molar-refractivity contribution is 0.328. The molecule has 0 aliphatic rings. The predicted molar refractivity (Wildman–Crippen MR) is 81.5 cm³/mol. The van der Waals surface area contributed by atoms with E-state index >= 15 is 0 Å². The van der Waals surface area contributed by atoms with Crippen molar-refractivity contribution in [3.05, 3.63) is 52.4 Å². The lowest BCUT2D eigenvalue weighted by Crippen LogP contribution is -2.09. The molecule has 0 fully saturated rings. The quantitative estimate of drug-likeness (QED) is 0.867. The second-order valence-corrected chi connectivity index (χ2v) is 5.18. The molecule has 5 heteroatoms. The zero-order valence-corrected chi connectivity index (χ0v) is 12.9. The van der Waals surface area contributed by atoms with Crippen molar-refractivity contribution in [1.82, 2.24) is 4.98 Å². The van der Waals surface area contributed by atoms with Crippen molar-refractivity contribution in [2.24, 2.45) is 0 Å². The van der Waals surface area contributed by atoms with Gasteiger partial charge >= 0.3 is 0 Å². The van der Waals surface area contributed by atoms with Gasteiger partial charge in [0.1, 0.15) is 5.82 Å². The fraction of sp³-hybridized carbons (Fsp3) is 0.267. The van der Waals surface area contributed by atoms with Crippen molar-refractivity contribution < 1.29 is 9.13 Å². The summed E-state index contributed by atoms with van der Waals surface area (Å²) >= 11 is 3.38. The van der Waals surface area contributed by atoms with Crippen LogP contribution in [0.15, 0.2) is 41.0 Å². The second-order valence-electron chi connectivity index (χ2n) is 4.32. The van der Waals surface area contributed by atoms with Crippen molar-refractivity contribution >= 4 is 21.6 Å². The molecule has 2 rings (SSSR count). The molecule has 0 radical (unpaired) electrons. The van der Waals surface area contributed by atoms with Crippen molar-refractivity contribution in [3.8, 4) is 5.88 Å². The van der Waals surface area contributed by atoms with Gasteiger partial charge in [0.25, 0.3) is 0 Å². The highest BCUT2D eigenvalue weighted by Gasteiger charge is 2.12. The highest BCUT2D eigenvalue weighted by molar-refractivity contribution is 9.10. The third kappa shape index (κ3) is 3.48. The van der Waals surface area contributed by atoms with Gasteiger partial charge in [-0.2, -0.15) is 0 Å². The van der Waals surface area contributed by atoms with Crippen LogP contribution in [0.1, 0.15) is 25.5 Å². The van der Waals surface area contributed by atoms with Crippen molar-refractivity contribution in [3.63, 3.8) is 0 Å². The van der Waals surface area contributed by atoms with Crippen LogP contribution in [0.5, 0.6) is 5.88 Å². The van der Waals surface area contributed by atoms with Gasteiger partial charge in [-0.1, -0.05) is 22.0 Å². The summed E-state index contributed by atoms with van der Waals surface area (Å²) in [4.78, 5) is 4.20. The molecule has 20 heavy (non-hydrogen) atoms. The van der Waals surface area contributed by atoms with Gasteiger partial charge in [0.05, 0.1) is 12.3 Å². The first-order valence-corrected chi connectivity index (χ1v) is 7.20. The van der Waals surface area contributed by atoms with E-state index < -0.39 is 0 Å². The van der Waals surface area contributed by atoms with Gasteiger partial charge in [0.15, 0.2) is 0 Å². The van der Waals surface area contributed by atoms with Crippen LogP contribution >= 0.6 is 15.9 Å². The van der Waals surface area contributed by atoms with E-state index in [1.807, 2.05) is 26.0 Å². The van der Waals surface area contributed by atoms with Gasteiger partial charge in [0, 0.05) is 16.7 Å².